The van der Waals surface area contributed by atoms with Crippen molar-refractivity contribution in [1.82, 2.24) is 0 Å². The normalized spacial score (nSPS) is 10.5. The number of hydrogen-bond acceptors (Lipinski definition) is 0. The third-order valence-corrected chi connectivity index (χ3v) is 5.48. The van der Waals surface area contributed by atoms with E-state index in [1.807, 2.05) is 61.5 Å². The lowest BCUT2D eigenvalue weighted by molar-refractivity contribution is 0.636. The quantitative estimate of drug-likeness (QED) is 0.233. The highest BCUT2D eigenvalue weighted by atomic mass is 19.1. The molecule has 0 bridgehead atoms. The van der Waals surface area contributed by atoms with Gasteiger partial charge in [0.1, 0.15) is 5.82 Å². The predicted molar refractivity (Wildman–Crippen MR) is 137 cm³/mol. The van der Waals surface area contributed by atoms with E-state index in [4.69, 9.17) is 0 Å². The largest absolute Gasteiger partial charge is 0.205 e. The summed E-state index contributed by atoms with van der Waals surface area (Å²) in [5, 5.41) is 1.52. The molecule has 0 aromatic heterocycles. The van der Waals surface area contributed by atoms with Crippen LogP contribution in [0.2, 0.25) is 0 Å². The van der Waals surface area contributed by atoms with Gasteiger partial charge in [0.15, 0.2) is 0 Å². The molecule has 4 rings (SSSR count). The van der Waals surface area contributed by atoms with Crippen molar-refractivity contribution in [3.63, 3.8) is 0 Å². The zero-order valence-corrected chi connectivity index (χ0v) is 19.0. The molecule has 0 atom stereocenters. The van der Waals surface area contributed by atoms with Crippen LogP contribution < -0.4 is 0 Å². The first-order chi connectivity index (χ1) is 16.1. The van der Waals surface area contributed by atoms with Crippen LogP contribution in [0.15, 0.2) is 91.0 Å². The van der Waals surface area contributed by atoms with Crippen LogP contribution in [0.5, 0.6) is 0 Å². The number of fused-ring (bicyclic) bond motifs is 1. The van der Waals surface area contributed by atoms with Crippen molar-refractivity contribution in [3.8, 4) is 23.7 Å². The van der Waals surface area contributed by atoms with Gasteiger partial charge in [-0.05, 0) is 80.1 Å². The Labute approximate surface area is 195 Å². The van der Waals surface area contributed by atoms with Crippen molar-refractivity contribution in [2.75, 3.05) is 0 Å². The maximum Gasteiger partial charge on any atom is 0.146 e. The van der Waals surface area contributed by atoms with E-state index in [1.165, 1.54) is 11.1 Å². The van der Waals surface area contributed by atoms with Crippen molar-refractivity contribution in [3.05, 3.63) is 130 Å². The highest BCUT2D eigenvalue weighted by Gasteiger charge is 2.06. The molecule has 0 aliphatic heterocycles. The predicted octanol–water partition coefficient (Wildman–Crippen LogP) is 7.60. The Kier molecular flexibility index (Phi) is 7.04. The lowest BCUT2D eigenvalue weighted by atomic mass is 10.0. The van der Waals surface area contributed by atoms with Gasteiger partial charge < -0.3 is 0 Å². The topological polar surface area (TPSA) is 0 Å². The van der Waals surface area contributed by atoms with Gasteiger partial charge in [-0.15, -0.1) is 0 Å². The van der Waals surface area contributed by atoms with Crippen LogP contribution in [0.4, 0.5) is 4.39 Å². The van der Waals surface area contributed by atoms with Crippen LogP contribution in [0.3, 0.4) is 0 Å². The maximum atomic E-state index is 15.0. The summed E-state index contributed by atoms with van der Waals surface area (Å²) in [7, 11) is 0. The summed E-state index contributed by atoms with van der Waals surface area (Å²) in [5.74, 6) is 12.1. The lowest BCUT2D eigenvalue weighted by Gasteiger charge is -2.05. The summed E-state index contributed by atoms with van der Waals surface area (Å²) in [4.78, 5) is 0. The first-order valence-electron chi connectivity index (χ1n) is 11.2. The van der Waals surface area contributed by atoms with Gasteiger partial charge in [-0.25, -0.2) is 4.39 Å². The van der Waals surface area contributed by atoms with Gasteiger partial charge in [-0.3, -0.25) is 0 Å². The summed E-state index contributed by atoms with van der Waals surface area (Å²) < 4.78 is 15.0. The van der Waals surface area contributed by atoms with E-state index in [2.05, 4.69) is 61.0 Å². The molecule has 0 nitrogen and oxygen atoms in total. The number of hydrogen-bond donors (Lipinski definition) is 0. The lowest BCUT2D eigenvalue weighted by Crippen LogP contribution is -1.89. The smallest absolute Gasteiger partial charge is 0.146 e. The third kappa shape index (κ3) is 5.79. The molecule has 4 aromatic rings. The number of benzene rings is 4. The molecule has 160 valence electrons. The van der Waals surface area contributed by atoms with E-state index in [0.29, 0.717) is 10.9 Å². The van der Waals surface area contributed by atoms with Gasteiger partial charge in [-0.2, -0.15) is 0 Å². The average molecular weight is 429 g/mol. The van der Waals surface area contributed by atoms with E-state index in [9.17, 15) is 0 Å². The maximum absolute atomic E-state index is 15.0. The molecule has 0 unspecified atom stereocenters. The second-order valence-electron chi connectivity index (χ2n) is 8.03. The summed E-state index contributed by atoms with van der Waals surface area (Å²) in [6.07, 6.45) is 6.14. The van der Waals surface area contributed by atoms with Crippen molar-refractivity contribution < 1.29 is 4.39 Å². The molecule has 0 N–H and O–H groups in total. The standard InChI is InChI=1S/C32H25F/c1-3-4-5-6-28-18-22-31-30(23-28)21-20-29(32(31)33)19-17-27-15-13-26(14-16-27)12-11-25-9-7-24(2)8-10-25/h3-4,7-10,13-16,18,20-23H,5-6H2,1-2H3/b4-3+. The Morgan fingerprint density at radius 1 is 0.727 bits per heavy atom. The van der Waals surface area contributed by atoms with E-state index < -0.39 is 0 Å². The zero-order valence-electron chi connectivity index (χ0n) is 19.0. The van der Waals surface area contributed by atoms with Crippen LogP contribution in [0, 0.1) is 36.4 Å². The van der Waals surface area contributed by atoms with Crippen LogP contribution in [-0.2, 0) is 6.42 Å². The van der Waals surface area contributed by atoms with E-state index in [1.54, 1.807) is 6.07 Å². The molecule has 0 heterocycles. The molecular formula is C32H25F. The van der Waals surface area contributed by atoms with Gasteiger partial charge >= 0.3 is 0 Å². The van der Waals surface area contributed by atoms with Crippen molar-refractivity contribution >= 4 is 10.8 Å². The van der Waals surface area contributed by atoms with Crippen LogP contribution in [-0.4, -0.2) is 0 Å². The van der Waals surface area contributed by atoms with Gasteiger partial charge in [-0.1, -0.05) is 77.8 Å². The Morgan fingerprint density at radius 2 is 1.33 bits per heavy atom. The molecule has 33 heavy (non-hydrogen) atoms. The fourth-order valence-electron chi connectivity index (χ4n) is 3.57. The van der Waals surface area contributed by atoms with E-state index in [-0.39, 0.29) is 5.82 Å². The summed E-state index contributed by atoms with van der Waals surface area (Å²) >= 11 is 0. The number of rotatable bonds is 3. The number of allylic oxidation sites excluding steroid dienone is 2. The monoisotopic (exact) mass is 428 g/mol. The van der Waals surface area contributed by atoms with Crippen molar-refractivity contribution in [2.24, 2.45) is 0 Å². The van der Waals surface area contributed by atoms with Gasteiger partial charge in [0.25, 0.3) is 0 Å². The molecule has 0 aliphatic carbocycles. The fraction of sp³-hybridized carbons (Fsp3) is 0.125. The minimum absolute atomic E-state index is 0.263. The average Bonchev–Trinajstić information content (AvgIpc) is 2.84. The molecule has 0 spiro atoms. The SMILES string of the molecule is C/C=C/CCc1ccc2c(F)c(C#Cc3ccc(C#Cc4ccc(C)cc4)cc3)ccc2c1. The number of halogens is 1. The summed E-state index contributed by atoms with van der Waals surface area (Å²) in [6, 6.07) is 25.5. The van der Waals surface area contributed by atoms with Gasteiger partial charge in [0, 0.05) is 22.1 Å². The molecule has 0 saturated heterocycles. The fourth-order valence-corrected chi connectivity index (χ4v) is 3.57. The Balaban J connectivity index is 1.50. The second-order valence-corrected chi connectivity index (χ2v) is 8.03. The van der Waals surface area contributed by atoms with Gasteiger partial charge in [0.05, 0.1) is 5.56 Å². The highest BCUT2D eigenvalue weighted by Crippen LogP contribution is 2.23. The molecule has 1 heteroatoms. The van der Waals surface area contributed by atoms with E-state index in [0.717, 1.165) is 34.9 Å². The molecule has 0 fully saturated rings. The molecule has 0 aliphatic rings. The zero-order chi connectivity index (χ0) is 23.0. The summed E-state index contributed by atoms with van der Waals surface area (Å²) in [5.41, 5.74) is 5.58. The van der Waals surface area contributed by atoms with Crippen molar-refractivity contribution in [1.29, 1.82) is 0 Å². The summed E-state index contributed by atoms with van der Waals surface area (Å²) in [6.45, 7) is 4.08. The Bertz CT molecular complexity index is 1410. The van der Waals surface area contributed by atoms with Crippen LogP contribution in [0.1, 0.15) is 46.7 Å². The molecule has 0 radical (unpaired) electrons. The minimum Gasteiger partial charge on any atom is -0.205 e. The minimum atomic E-state index is -0.263. The van der Waals surface area contributed by atoms with E-state index >= 15 is 4.39 Å². The van der Waals surface area contributed by atoms with Crippen LogP contribution in [0.25, 0.3) is 10.8 Å². The Morgan fingerprint density at radius 3 is 1.97 bits per heavy atom. The van der Waals surface area contributed by atoms with Crippen molar-refractivity contribution in [2.45, 2.75) is 26.7 Å². The first kappa shape index (κ1) is 22.1. The highest BCUT2D eigenvalue weighted by molar-refractivity contribution is 5.85. The van der Waals surface area contributed by atoms with Gasteiger partial charge in [0.2, 0.25) is 0 Å². The second kappa shape index (κ2) is 10.5. The number of aryl methyl sites for hydroxylation is 2. The van der Waals surface area contributed by atoms with Crippen LogP contribution >= 0.6 is 0 Å². The molecule has 0 saturated carbocycles. The first-order valence-corrected chi connectivity index (χ1v) is 11.2. The molecule has 4 aromatic carbocycles. The molecule has 0 amide bonds. The third-order valence-electron chi connectivity index (χ3n) is 5.48. The molecular weight excluding hydrogens is 403 g/mol. The Hall–Kier alpha value is -4.07.